The number of aromatic nitrogens is 3. The minimum atomic E-state index is -0.398. The second kappa shape index (κ2) is 7.67. The first-order chi connectivity index (χ1) is 16.2. The zero-order valence-electron chi connectivity index (χ0n) is 17.6. The van der Waals surface area contributed by atoms with Crippen molar-refractivity contribution in [3.05, 3.63) is 119 Å². The van der Waals surface area contributed by atoms with Crippen LogP contribution in [0.3, 0.4) is 0 Å². The molecule has 0 radical (unpaired) electrons. The molecule has 0 N–H and O–H groups in total. The lowest BCUT2D eigenvalue weighted by Crippen LogP contribution is -2.37. The Balaban J connectivity index is 1.49. The van der Waals surface area contributed by atoms with Gasteiger partial charge in [-0.2, -0.15) is 0 Å². The standard InChI is InChI=1S/C27H19N3O3/c31-25-19-13-7-8-14-20(19)26(32)27-24(25)23(18-11-5-2-6-12-18)22(16-33-27)30-15-21(28-29-30)17-9-3-1-4-10-17/h1-15,22-23H,16H2/t22-,23+/m0/s1. The molecule has 3 aromatic carbocycles. The number of benzene rings is 3. The fraction of sp³-hybridized carbons (Fsp3) is 0.111. The van der Waals surface area contributed by atoms with Gasteiger partial charge < -0.3 is 4.74 Å². The third kappa shape index (κ3) is 3.10. The number of ketones is 2. The number of ether oxygens (including phenoxy) is 1. The molecule has 33 heavy (non-hydrogen) atoms. The quantitative estimate of drug-likeness (QED) is 0.471. The van der Waals surface area contributed by atoms with Crippen molar-refractivity contribution >= 4 is 11.6 Å². The van der Waals surface area contributed by atoms with Gasteiger partial charge in [0, 0.05) is 22.6 Å². The summed E-state index contributed by atoms with van der Waals surface area (Å²) in [6.07, 6.45) is 1.87. The number of carbonyl (C=O) groups is 2. The van der Waals surface area contributed by atoms with Gasteiger partial charge in [0.15, 0.2) is 11.5 Å². The highest BCUT2D eigenvalue weighted by atomic mass is 16.5. The highest BCUT2D eigenvalue weighted by Crippen LogP contribution is 2.45. The molecule has 1 aromatic heterocycles. The van der Waals surface area contributed by atoms with Gasteiger partial charge in [0.05, 0.1) is 17.8 Å². The fourth-order valence-electron chi connectivity index (χ4n) is 4.71. The maximum Gasteiger partial charge on any atom is 0.228 e. The van der Waals surface area contributed by atoms with Crippen LogP contribution in [-0.2, 0) is 4.74 Å². The van der Waals surface area contributed by atoms with Crippen molar-refractivity contribution < 1.29 is 14.3 Å². The second-order valence-electron chi connectivity index (χ2n) is 8.16. The Kier molecular flexibility index (Phi) is 4.50. The molecular formula is C27H19N3O3. The van der Waals surface area contributed by atoms with Gasteiger partial charge in [0.1, 0.15) is 12.3 Å². The lowest BCUT2D eigenvalue weighted by molar-refractivity contribution is 0.0735. The molecule has 0 saturated carbocycles. The first-order valence-electron chi connectivity index (χ1n) is 10.8. The van der Waals surface area contributed by atoms with Crippen molar-refractivity contribution in [2.45, 2.75) is 12.0 Å². The molecule has 2 aliphatic rings. The lowest BCUT2D eigenvalue weighted by Gasteiger charge is -2.36. The third-order valence-corrected chi connectivity index (χ3v) is 6.28. The van der Waals surface area contributed by atoms with E-state index in [2.05, 4.69) is 10.3 Å². The molecule has 0 unspecified atom stereocenters. The molecule has 0 amide bonds. The van der Waals surface area contributed by atoms with Gasteiger partial charge in [0.25, 0.3) is 0 Å². The van der Waals surface area contributed by atoms with Crippen LogP contribution < -0.4 is 0 Å². The van der Waals surface area contributed by atoms with E-state index in [-0.39, 0.29) is 30.0 Å². The summed E-state index contributed by atoms with van der Waals surface area (Å²) in [5.41, 5.74) is 3.80. The first-order valence-corrected chi connectivity index (χ1v) is 10.8. The Hall–Kier alpha value is -4.32. The van der Waals surface area contributed by atoms with Crippen molar-refractivity contribution in [1.29, 1.82) is 0 Å². The summed E-state index contributed by atoms with van der Waals surface area (Å²) in [6, 6.07) is 26.1. The van der Waals surface area contributed by atoms with Crippen molar-refractivity contribution in [3.8, 4) is 11.3 Å². The zero-order valence-corrected chi connectivity index (χ0v) is 17.6. The van der Waals surface area contributed by atoms with Crippen LogP contribution in [0.4, 0.5) is 0 Å². The predicted molar refractivity (Wildman–Crippen MR) is 122 cm³/mol. The lowest BCUT2D eigenvalue weighted by atomic mass is 9.75. The summed E-state index contributed by atoms with van der Waals surface area (Å²) in [7, 11) is 0. The zero-order chi connectivity index (χ0) is 22.4. The molecule has 6 rings (SSSR count). The van der Waals surface area contributed by atoms with Gasteiger partial charge in [-0.05, 0) is 5.56 Å². The average Bonchev–Trinajstić information content (AvgIpc) is 3.38. The Bertz CT molecular complexity index is 1410. The van der Waals surface area contributed by atoms with E-state index < -0.39 is 5.92 Å². The van der Waals surface area contributed by atoms with Crippen LogP contribution >= 0.6 is 0 Å². The van der Waals surface area contributed by atoms with Gasteiger partial charge in [-0.1, -0.05) is 90.1 Å². The summed E-state index contributed by atoms with van der Waals surface area (Å²) in [5.74, 6) is -0.678. The number of nitrogens with zero attached hydrogens (tertiary/aromatic N) is 3. The molecular weight excluding hydrogens is 414 g/mol. The van der Waals surface area contributed by atoms with Crippen molar-refractivity contribution in [2.24, 2.45) is 0 Å². The topological polar surface area (TPSA) is 74.1 Å². The monoisotopic (exact) mass is 433 g/mol. The Morgan fingerprint density at radius 2 is 1.42 bits per heavy atom. The average molecular weight is 433 g/mol. The van der Waals surface area contributed by atoms with E-state index in [9.17, 15) is 9.59 Å². The van der Waals surface area contributed by atoms with Crippen LogP contribution in [0.15, 0.2) is 102 Å². The maximum atomic E-state index is 13.6. The molecule has 0 fully saturated rings. The van der Waals surface area contributed by atoms with Gasteiger partial charge in [-0.3, -0.25) is 9.59 Å². The molecule has 2 atom stereocenters. The number of hydrogen-bond donors (Lipinski definition) is 0. The molecule has 4 aromatic rings. The van der Waals surface area contributed by atoms with Crippen LogP contribution in [0.1, 0.15) is 38.2 Å². The molecule has 1 aliphatic carbocycles. The molecule has 1 aliphatic heterocycles. The van der Waals surface area contributed by atoms with Crippen LogP contribution in [0.5, 0.6) is 0 Å². The van der Waals surface area contributed by atoms with Crippen LogP contribution in [0.2, 0.25) is 0 Å². The van der Waals surface area contributed by atoms with Crippen LogP contribution in [-0.4, -0.2) is 33.2 Å². The molecule has 0 spiro atoms. The first kappa shape index (κ1) is 19.4. The SMILES string of the molecule is O=C1C2=C(C(=O)c3ccccc31)[C@H](c1ccccc1)[C@@H](n1cc(-c3ccccc3)nn1)CO2. The second-order valence-corrected chi connectivity index (χ2v) is 8.16. The number of allylic oxidation sites excluding steroid dienone is 2. The maximum absolute atomic E-state index is 13.6. The summed E-state index contributed by atoms with van der Waals surface area (Å²) in [5, 5.41) is 8.74. The Labute approximate surface area is 190 Å². The van der Waals surface area contributed by atoms with Crippen molar-refractivity contribution in [2.75, 3.05) is 6.61 Å². The molecule has 0 saturated heterocycles. The molecule has 2 heterocycles. The summed E-state index contributed by atoms with van der Waals surface area (Å²) < 4.78 is 7.73. The molecule has 160 valence electrons. The van der Waals surface area contributed by atoms with E-state index in [4.69, 9.17) is 4.74 Å². The van der Waals surface area contributed by atoms with Crippen LogP contribution in [0.25, 0.3) is 11.3 Å². The van der Waals surface area contributed by atoms with Crippen LogP contribution in [0, 0.1) is 0 Å². The van der Waals surface area contributed by atoms with E-state index in [1.165, 1.54) is 0 Å². The summed E-state index contributed by atoms with van der Waals surface area (Å²) >= 11 is 0. The van der Waals surface area contributed by atoms with Crippen molar-refractivity contribution in [3.63, 3.8) is 0 Å². The third-order valence-electron chi connectivity index (χ3n) is 6.28. The highest BCUT2D eigenvalue weighted by molar-refractivity contribution is 6.26. The molecule has 0 bridgehead atoms. The fourth-order valence-corrected chi connectivity index (χ4v) is 4.71. The predicted octanol–water partition coefficient (Wildman–Crippen LogP) is 4.63. The van der Waals surface area contributed by atoms with E-state index in [1.807, 2.05) is 66.9 Å². The van der Waals surface area contributed by atoms with E-state index >= 15 is 0 Å². The number of Topliss-reactive ketones (excluding diaryl/α,β-unsaturated/α-hetero) is 2. The van der Waals surface area contributed by atoms with E-state index in [1.54, 1.807) is 28.9 Å². The minimum Gasteiger partial charge on any atom is -0.487 e. The molecule has 6 nitrogen and oxygen atoms in total. The highest BCUT2D eigenvalue weighted by Gasteiger charge is 2.45. The van der Waals surface area contributed by atoms with Gasteiger partial charge in [0.2, 0.25) is 5.78 Å². The van der Waals surface area contributed by atoms with E-state index in [0.29, 0.717) is 16.7 Å². The number of rotatable bonds is 3. The smallest absolute Gasteiger partial charge is 0.228 e. The van der Waals surface area contributed by atoms with Crippen molar-refractivity contribution in [1.82, 2.24) is 15.0 Å². The van der Waals surface area contributed by atoms with Gasteiger partial charge in [-0.15, -0.1) is 5.10 Å². The van der Waals surface area contributed by atoms with E-state index in [0.717, 1.165) is 16.8 Å². The normalized spacial score (nSPS) is 19.6. The number of carbonyl (C=O) groups excluding carboxylic acids is 2. The Morgan fingerprint density at radius 3 is 2.15 bits per heavy atom. The Morgan fingerprint density at radius 1 is 0.788 bits per heavy atom. The number of fused-ring (bicyclic) bond motifs is 1. The minimum absolute atomic E-state index is 0.146. The largest absolute Gasteiger partial charge is 0.487 e. The summed E-state index contributed by atoms with van der Waals surface area (Å²) in [6.45, 7) is 0.206. The van der Waals surface area contributed by atoms with Gasteiger partial charge >= 0.3 is 0 Å². The summed E-state index contributed by atoms with van der Waals surface area (Å²) in [4.78, 5) is 26.9. The van der Waals surface area contributed by atoms with Gasteiger partial charge in [-0.25, -0.2) is 4.68 Å². The molecule has 6 heteroatoms. The number of hydrogen-bond acceptors (Lipinski definition) is 5.